The normalized spacial score (nSPS) is 17.8. The van der Waals surface area contributed by atoms with Gasteiger partial charge in [0.2, 0.25) is 15.9 Å². The van der Waals surface area contributed by atoms with E-state index in [4.69, 9.17) is 4.52 Å². The first-order chi connectivity index (χ1) is 11.5. The first-order valence-electron chi connectivity index (χ1n) is 8.38. The van der Waals surface area contributed by atoms with Crippen molar-refractivity contribution in [2.75, 3.05) is 0 Å². The van der Waals surface area contributed by atoms with Crippen LogP contribution in [-0.2, 0) is 10.0 Å². The molecule has 7 heteroatoms. The fraction of sp³-hybridized carbons (Fsp3) is 0.529. The molecule has 24 heavy (non-hydrogen) atoms. The zero-order chi connectivity index (χ0) is 17.2. The summed E-state index contributed by atoms with van der Waals surface area (Å²) in [6.07, 6.45) is 6.20. The molecule has 1 aliphatic rings. The van der Waals surface area contributed by atoms with Crippen LogP contribution < -0.4 is 4.72 Å². The third-order valence-electron chi connectivity index (χ3n) is 4.51. The van der Waals surface area contributed by atoms with Crippen molar-refractivity contribution >= 4 is 10.0 Å². The summed E-state index contributed by atoms with van der Waals surface area (Å²) in [5.41, 5.74) is 1.23. The predicted octanol–water partition coefficient (Wildman–Crippen LogP) is 3.47. The topological polar surface area (TPSA) is 85.1 Å². The van der Waals surface area contributed by atoms with Gasteiger partial charge >= 0.3 is 0 Å². The van der Waals surface area contributed by atoms with E-state index in [1.807, 2.05) is 12.1 Å². The number of hydrogen-bond donors (Lipinski definition) is 1. The van der Waals surface area contributed by atoms with Gasteiger partial charge in [-0.05, 0) is 50.3 Å². The second-order valence-corrected chi connectivity index (χ2v) is 8.14. The molecule has 0 bridgehead atoms. The van der Waals surface area contributed by atoms with Crippen LogP contribution in [0.15, 0.2) is 33.7 Å². The number of aromatic nitrogens is 2. The monoisotopic (exact) mass is 349 g/mol. The van der Waals surface area contributed by atoms with Crippen LogP contribution in [0.4, 0.5) is 0 Å². The molecule has 0 saturated heterocycles. The van der Waals surface area contributed by atoms with E-state index in [1.54, 1.807) is 26.0 Å². The molecule has 1 heterocycles. The van der Waals surface area contributed by atoms with Gasteiger partial charge in [0.05, 0.1) is 10.9 Å². The Labute approximate surface area is 142 Å². The number of rotatable bonds is 5. The van der Waals surface area contributed by atoms with Crippen molar-refractivity contribution in [3.8, 4) is 0 Å². The SMILES string of the molecule is Cc1noc([C@@H](C)NS(=O)(=O)c2ccc(C3CCCCC3)cc2)n1. The van der Waals surface area contributed by atoms with Crippen LogP contribution in [0.25, 0.3) is 0 Å². The summed E-state index contributed by atoms with van der Waals surface area (Å²) in [6.45, 7) is 3.37. The number of nitrogens with zero attached hydrogens (tertiary/aromatic N) is 2. The Balaban J connectivity index is 1.72. The van der Waals surface area contributed by atoms with Gasteiger partial charge in [0.1, 0.15) is 0 Å². The summed E-state index contributed by atoms with van der Waals surface area (Å²) < 4.78 is 32.6. The molecular formula is C17H23N3O3S. The Kier molecular flexibility index (Phi) is 5.01. The van der Waals surface area contributed by atoms with Gasteiger partial charge in [-0.2, -0.15) is 9.71 Å². The lowest BCUT2D eigenvalue weighted by atomic mass is 9.84. The Morgan fingerprint density at radius 2 is 1.83 bits per heavy atom. The van der Waals surface area contributed by atoms with Gasteiger partial charge in [-0.15, -0.1) is 0 Å². The number of nitrogens with one attached hydrogen (secondary N) is 1. The van der Waals surface area contributed by atoms with Crippen molar-refractivity contribution in [2.45, 2.75) is 62.8 Å². The number of hydrogen-bond acceptors (Lipinski definition) is 5. The Bertz CT molecular complexity index is 778. The summed E-state index contributed by atoms with van der Waals surface area (Å²) in [5.74, 6) is 1.30. The molecule has 0 amide bonds. The maximum atomic E-state index is 12.5. The highest BCUT2D eigenvalue weighted by Gasteiger charge is 2.22. The Morgan fingerprint density at radius 3 is 2.42 bits per heavy atom. The van der Waals surface area contributed by atoms with Crippen molar-refractivity contribution in [2.24, 2.45) is 0 Å². The molecule has 1 fully saturated rings. The van der Waals surface area contributed by atoms with Gasteiger partial charge in [-0.3, -0.25) is 0 Å². The highest BCUT2D eigenvalue weighted by Crippen LogP contribution is 2.33. The minimum atomic E-state index is -3.62. The Morgan fingerprint density at radius 1 is 1.17 bits per heavy atom. The molecule has 6 nitrogen and oxygen atoms in total. The second kappa shape index (κ2) is 7.03. The molecule has 2 aromatic rings. The van der Waals surface area contributed by atoms with Gasteiger partial charge in [0.15, 0.2) is 5.82 Å². The molecule has 1 saturated carbocycles. The van der Waals surface area contributed by atoms with Crippen LogP contribution in [0.5, 0.6) is 0 Å². The molecular weight excluding hydrogens is 326 g/mol. The van der Waals surface area contributed by atoms with E-state index < -0.39 is 16.1 Å². The summed E-state index contributed by atoms with van der Waals surface area (Å²) in [5, 5.41) is 3.68. The molecule has 0 aliphatic heterocycles. The molecule has 1 atom stereocenters. The zero-order valence-electron chi connectivity index (χ0n) is 14.0. The zero-order valence-corrected chi connectivity index (χ0v) is 14.8. The minimum Gasteiger partial charge on any atom is -0.338 e. The largest absolute Gasteiger partial charge is 0.338 e. The molecule has 0 spiro atoms. The molecule has 3 rings (SSSR count). The molecule has 1 aromatic carbocycles. The van der Waals surface area contributed by atoms with E-state index in [9.17, 15) is 8.42 Å². The predicted molar refractivity (Wildman–Crippen MR) is 90.0 cm³/mol. The lowest BCUT2D eigenvalue weighted by Crippen LogP contribution is -2.27. The van der Waals surface area contributed by atoms with Crippen molar-refractivity contribution in [3.05, 3.63) is 41.5 Å². The fourth-order valence-electron chi connectivity index (χ4n) is 3.20. The average molecular weight is 349 g/mol. The van der Waals surface area contributed by atoms with Crippen molar-refractivity contribution in [1.82, 2.24) is 14.9 Å². The first-order valence-corrected chi connectivity index (χ1v) is 9.86. The van der Waals surface area contributed by atoms with Crippen LogP contribution >= 0.6 is 0 Å². The second-order valence-electron chi connectivity index (χ2n) is 6.43. The molecule has 130 valence electrons. The van der Waals surface area contributed by atoms with Crippen LogP contribution in [0, 0.1) is 6.92 Å². The van der Waals surface area contributed by atoms with Gasteiger partial charge in [-0.25, -0.2) is 8.42 Å². The van der Waals surface area contributed by atoms with Crippen molar-refractivity contribution in [1.29, 1.82) is 0 Å². The average Bonchev–Trinajstić information content (AvgIpc) is 3.02. The number of sulfonamides is 1. The summed E-state index contributed by atoms with van der Waals surface area (Å²) >= 11 is 0. The number of aryl methyl sites for hydroxylation is 1. The van der Waals surface area contributed by atoms with Crippen LogP contribution in [0.2, 0.25) is 0 Å². The lowest BCUT2D eigenvalue weighted by Gasteiger charge is -2.22. The van der Waals surface area contributed by atoms with Gasteiger partial charge < -0.3 is 4.52 Å². The maximum Gasteiger partial charge on any atom is 0.244 e. The van der Waals surface area contributed by atoms with Gasteiger partial charge in [0, 0.05) is 0 Å². The van der Waals surface area contributed by atoms with Crippen molar-refractivity contribution < 1.29 is 12.9 Å². The summed E-state index contributed by atoms with van der Waals surface area (Å²) in [4.78, 5) is 4.31. The van der Waals surface area contributed by atoms with Crippen LogP contribution in [0.3, 0.4) is 0 Å². The van der Waals surface area contributed by atoms with Gasteiger partial charge in [0.25, 0.3) is 0 Å². The first kappa shape index (κ1) is 17.1. The third-order valence-corrected chi connectivity index (χ3v) is 6.07. The standard InChI is InChI=1S/C17H23N3O3S/c1-12(17-18-13(2)19-23-17)20-24(21,22)16-10-8-15(9-11-16)14-6-4-3-5-7-14/h8-12,14,20H,3-7H2,1-2H3/t12-/m1/s1. The van der Waals surface area contributed by atoms with E-state index in [2.05, 4.69) is 14.9 Å². The Hall–Kier alpha value is -1.73. The molecule has 0 radical (unpaired) electrons. The van der Waals surface area contributed by atoms with E-state index in [1.165, 1.54) is 37.7 Å². The van der Waals surface area contributed by atoms with E-state index in [0.29, 0.717) is 11.7 Å². The molecule has 1 aliphatic carbocycles. The summed E-state index contributed by atoms with van der Waals surface area (Å²) in [7, 11) is -3.62. The molecule has 1 aromatic heterocycles. The highest BCUT2D eigenvalue weighted by molar-refractivity contribution is 7.89. The van der Waals surface area contributed by atoms with E-state index in [0.717, 1.165) is 0 Å². The van der Waals surface area contributed by atoms with E-state index >= 15 is 0 Å². The van der Waals surface area contributed by atoms with Crippen molar-refractivity contribution in [3.63, 3.8) is 0 Å². The smallest absolute Gasteiger partial charge is 0.244 e. The lowest BCUT2D eigenvalue weighted by molar-refractivity contribution is 0.351. The van der Waals surface area contributed by atoms with E-state index in [-0.39, 0.29) is 10.8 Å². The fourth-order valence-corrected chi connectivity index (χ4v) is 4.39. The molecule has 1 N–H and O–H groups in total. The maximum absolute atomic E-state index is 12.5. The number of benzene rings is 1. The highest BCUT2D eigenvalue weighted by atomic mass is 32.2. The third kappa shape index (κ3) is 3.84. The van der Waals surface area contributed by atoms with Gasteiger partial charge in [-0.1, -0.05) is 36.6 Å². The quantitative estimate of drug-likeness (QED) is 0.893. The van der Waals surface area contributed by atoms with Crippen LogP contribution in [0.1, 0.15) is 68.3 Å². The minimum absolute atomic E-state index is 0.255. The molecule has 0 unspecified atom stereocenters. The van der Waals surface area contributed by atoms with Crippen LogP contribution in [-0.4, -0.2) is 18.6 Å². The summed E-state index contributed by atoms with van der Waals surface area (Å²) in [6, 6.07) is 6.66.